The van der Waals surface area contributed by atoms with E-state index in [2.05, 4.69) is 59.6 Å². The van der Waals surface area contributed by atoms with Crippen molar-refractivity contribution in [3.8, 4) is 11.3 Å². The molecule has 1 aliphatic heterocycles. The van der Waals surface area contributed by atoms with Crippen molar-refractivity contribution in [1.29, 1.82) is 0 Å². The summed E-state index contributed by atoms with van der Waals surface area (Å²) in [5.74, 6) is 0.412. The molecule has 1 unspecified atom stereocenters. The van der Waals surface area contributed by atoms with Gasteiger partial charge in [0.1, 0.15) is 0 Å². The fourth-order valence-corrected chi connectivity index (χ4v) is 3.72. The van der Waals surface area contributed by atoms with Crippen molar-refractivity contribution in [1.82, 2.24) is 14.7 Å². The molecule has 0 spiro atoms. The molecule has 134 valence electrons. The topological polar surface area (TPSA) is 41.3 Å². The molecule has 1 aromatic heterocycles. The highest BCUT2D eigenvalue weighted by Crippen LogP contribution is 2.26. The third-order valence-corrected chi connectivity index (χ3v) is 5.09. The summed E-state index contributed by atoms with van der Waals surface area (Å²) in [7, 11) is 0. The Balaban J connectivity index is 1.60. The van der Waals surface area contributed by atoms with Gasteiger partial charge in [-0.15, -0.1) is 0 Å². The van der Waals surface area contributed by atoms with Gasteiger partial charge in [0.15, 0.2) is 0 Å². The number of hydrogen-bond acceptors (Lipinski definition) is 3. The second-order valence-electron chi connectivity index (χ2n) is 7.12. The van der Waals surface area contributed by atoms with Gasteiger partial charge in [-0.2, -0.15) is 5.10 Å². The molecule has 0 amide bonds. The van der Waals surface area contributed by atoms with Crippen LogP contribution in [0.2, 0.25) is 0 Å². The zero-order chi connectivity index (χ0) is 17.8. The van der Waals surface area contributed by atoms with E-state index in [1.54, 1.807) is 0 Å². The number of rotatable bonds is 6. The number of likely N-dealkylation sites (tertiary alicyclic amines) is 1. The fraction of sp³-hybridized carbons (Fsp3) is 0.318. The predicted octanol–water partition coefficient (Wildman–Crippen LogP) is 3.41. The van der Waals surface area contributed by atoms with Crippen molar-refractivity contribution in [2.24, 2.45) is 5.92 Å². The Labute approximate surface area is 154 Å². The first-order chi connectivity index (χ1) is 12.8. The molecular formula is C22H25N3O. The van der Waals surface area contributed by atoms with Crippen molar-refractivity contribution in [2.75, 3.05) is 19.7 Å². The Morgan fingerprint density at radius 3 is 2.38 bits per heavy atom. The fourth-order valence-electron chi connectivity index (χ4n) is 3.72. The Kier molecular flexibility index (Phi) is 5.14. The molecule has 1 aliphatic rings. The lowest BCUT2D eigenvalue weighted by molar-refractivity contribution is 0.220. The Morgan fingerprint density at radius 2 is 1.69 bits per heavy atom. The van der Waals surface area contributed by atoms with E-state index in [4.69, 9.17) is 5.10 Å². The largest absolute Gasteiger partial charge is 0.396 e. The van der Waals surface area contributed by atoms with E-state index in [-0.39, 0.29) is 6.61 Å². The first-order valence-electron chi connectivity index (χ1n) is 9.30. The smallest absolute Gasteiger partial charge is 0.0968 e. The number of hydrogen-bond donors (Lipinski definition) is 1. The highest BCUT2D eigenvalue weighted by atomic mass is 16.3. The van der Waals surface area contributed by atoms with Gasteiger partial charge in [0.25, 0.3) is 0 Å². The third kappa shape index (κ3) is 3.87. The van der Waals surface area contributed by atoms with Crippen LogP contribution in [0.25, 0.3) is 11.3 Å². The van der Waals surface area contributed by atoms with Gasteiger partial charge in [0.05, 0.1) is 12.2 Å². The number of aliphatic hydroxyl groups excluding tert-OH is 1. The molecular weight excluding hydrogens is 322 g/mol. The number of benzene rings is 2. The molecule has 0 radical (unpaired) electrons. The van der Waals surface area contributed by atoms with Crippen LogP contribution in [0, 0.1) is 5.92 Å². The molecule has 0 bridgehead atoms. The first kappa shape index (κ1) is 17.0. The van der Waals surface area contributed by atoms with Crippen LogP contribution in [-0.2, 0) is 13.1 Å². The van der Waals surface area contributed by atoms with Gasteiger partial charge in [0.2, 0.25) is 0 Å². The Bertz CT molecular complexity index is 829. The van der Waals surface area contributed by atoms with Crippen LogP contribution in [0.15, 0.2) is 66.9 Å². The number of aliphatic hydroxyl groups is 1. The minimum absolute atomic E-state index is 0.287. The van der Waals surface area contributed by atoms with Gasteiger partial charge < -0.3 is 5.11 Å². The van der Waals surface area contributed by atoms with Gasteiger partial charge in [-0.1, -0.05) is 60.7 Å². The molecule has 1 atom stereocenters. The lowest BCUT2D eigenvalue weighted by Gasteiger charge is -2.15. The molecule has 2 aromatic carbocycles. The average Bonchev–Trinajstić information content (AvgIpc) is 3.30. The highest BCUT2D eigenvalue weighted by molar-refractivity contribution is 5.62. The maximum Gasteiger partial charge on any atom is 0.0968 e. The summed E-state index contributed by atoms with van der Waals surface area (Å²) in [5.41, 5.74) is 4.73. The summed E-state index contributed by atoms with van der Waals surface area (Å²) < 4.78 is 2.05. The quantitative estimate of drug-likeness (QED) is 0.743. The first-order valence-corrected chi connectivity index (χ1v) is 9.30. The molecule has 1 saturated heterocycles. The zero-order valence-electron chi connectivity index (χ0n) is 15.0. The molecule has 1 N–H and O–H groups in total. The van der Waals surface area contributed by atoms with Crippen molar-refractivity contribution >= 4 is 0 Å². The van der Waals surface area contributed by atoms with Crippen LogP contribution >= 0.6 is 0 Å². The maximum atomic E-state index is 9.41. The van der Waals surface area contributed by atoms with Gasteiger partial charge in [-0.3, -0.25) is 9.58 Å². The van der Waals surface area contributed by atoms with E-state index in [0.29, 0.717) is 5.92 Å². The molecule has 2 heterocycles. The van der Waals surface area contributed by atoms with Crippen molar-refractivity contribution in [3.05, 3.63) is 78.0 Å². The monoisotopic (exact) mass is 347 g/mol. The minimum atomic E-state index is 0.287. The van der Waals surface area contributed by atoms with Gasteiger partial charge in [0, 0.05) is 37.0 Å². The molecule has 1 fully saturated rings. The minimum Gasteiger partial charge on any atom is -0.396 e. The molecule has 4 heteroatoms. The summed E-state index contributed by atoms with van der Waals surface area (Å²) >= 11 is 0. The van der Waals surface area contributed by atoms with Crippen LogP contribution in [-0.4, -0.2) is 39.5 Å². The van der Waals surface area contributed by atoms with Crippen LogP contribution in [0.5, 0.6) is 0 Å². The Hall–Kier alpha value is -2.43. The van der Waals surface area contributed by atoms with Crippen LogP contribution in [0.4, 0.5) is 0 Å². The summed E-state index contributed by atoms with van der Waals surface area (Å²) in [4.78, 5) is 2.43. The summed E-state index contributed by atoms with van der Waals surface area (Å²) in [6, 6.07) is 20.9. The number of aromatic nitrogens is 2. The summed E-state index contributed by atoms with van der Waals surface area (Å²) in [6.07, 6.45) is 3.26. The molecule has 4 nitrogen and oxygen atoms in total. The van der Waals surface area contributed by atoms with Crippen molar-refractivity contribution in [2.45, 2.75) is 19.5 Å². The van der Waals surface area contributed by atoms with Crippen LogP contribution in [0.1, 0.15) is 17.5 Å². The SMILES string of the molecule is OCC1CCN(Cc2cn(Cc3ccccc3)nc2-c2ccccc2)C1. The predicted molar refractivity (Wildman–Crippen MR) is 104 cm³/mol. The third-order valence-electron chi connectivity index (χ3n) is 5.09. The molecule has 0 aliphatic carbocycles. The highest BCUT2D eigenvalue weighted by Gasteiger charge is 2.23. The van der Waals surface area contributed by atoms with E-state index in [1.807, 2.05) is 16.8 Å². The lowest BCUT2D eigenvalue weighted by Crippen LogP contribution is -2.21. The van der Waals surface area contributed by atoms with E-state index in [1.165, 1.54) is 11.1 Å². The number of nitrogens with zero attached hydrogens (tertiary/aromatic N) is 3. The lowest BCUT2D eigenvalue weighted by atomic mass is 10.1. The van der Waals surface area contributed by atoms with E-state index >= 15 is 0 Å². The molecule has 26 heavy (non-hydrogen) atoms. The second kappa shape index (κ2) is 7.85. The van der Waals surface area contributed by atoms with E-state index < -0.39 is 0 Å². The van der Waals surface area contributed by atoms with Gasteiger partial charge >= 0.3 is 0 Å². The van der Waals surface area contributed by atoms with Gasteiger partial charge in [-0.25, -0.2) is 0 Å². The second-order valence-corrected chi connectivity index (χ2v) is 7.12. The summed E-state index contributed by atoms with van der Waals surface area (Å²) in [6.45, 7) is 3.96. The van der Waals surface area contributed by atoms with Crippen LogP contribution in [0.3, 0.4) is 0 Å². The average molecular weight is 347 g/mol. The molecule has 3 aromatic rings. The normalized spacial score (nSPS) is 17.7. The van der Waals surface area contributed by atoms with Crippen molar-refractivity contribution in [3.63, 3.8) is 0 Å². The molecule has 0 saturated carbocycles. The van der Waals surface area contributed by atoms with E-state index in [0.717, 1.165) is 43.9 Å². The maximum absolute atomic E-state index is 9.41. The zero-order valence-corrected chi connectivity index (χ0v) is 15.0. The standard InChI is InChI=1S/C22H25N3O/c26-17-19-11-12-24(13-19)15-21-16-25(14-18-7-3-1-4-8-18)23-22(21)20-9-5-2-6-10-20/h1-10,16,19,26H,11-15,17H2. The summed E-state index contributed by atoms with van der Waals surface area (Å²) in [5, 5.41) is 14.3. The van der Waals surface area contributed by atoms with Crippen molar-refractivity contribution < 1.29 is 5.11 Å². The van der Waals surface area contributed by atoms with Crippen LogP contribution < -0.4 is 0 Å². The van der Waals surface area contributed by atoms with E-state index in [9.17, 15) is 5.11 Å². The van der Waals surface area contributed by atoms with Gasteiger partial charge in [-0.05, 0) is 24.4 Å². The Morgan fingerprint density at radius 1 is 0.962 bits per heavy atom. The molecule has 4 rings (SSSR count).